The van der Waals surface area contributed by atoms with Crippen molar-refractivity contribution in [3.63, 3.8) is 0 Å². The Bertz CT molecular complexity index is 1260. The van der Waals surface area contributed by atoms with Crippen LogP contribution in [0.25, 0.3) is 0 Å². The van der Waals surface area contributed by atoms with Crippen LogP contribution in [0.2, 0.25) is 0 Å². The molecule has 0 spiro atoms. The van der Waals surface area contributed by atoms with Gasteiger partial charge in [-0.15, -0.1) is 0 Å². The van der Waals surface area contributed by atoms with Crippen molar-refractivity contribution in [3.05, 3.63) is 36.1 Å². The summed E-state index contributed by atoms with van der Waals surface area (Å²) in [5, 5.41) is 6.09. The lowest BCUT2D eigenvalue weighted by atomic mass is 9.88. The van der Waals surface area contributed by atoms with Crippen molar-refractivity contribution in [3.8, 4) is 5.75 Å². The van der Waals surface area contributed by atoms with Crippen LogP contribution in [-0.2, 0) is 14.3 Å². The Morgan fingerprint density at radius 1 is 1.32 bits per heavy atom. The molecule has 5 rings (SSSR count). The number of ether oxygens (including phenoxy) is 2. The lowest BCUT2D eigenvalue weighted by Gasteiger charge is -2.33. The van der Waals surface area contributed by atoms with Gasteiger partial charge in [0.1, 0.15) is 17.7 Å². The standard InChI is InChI=1S/C25H27FN6O5/c1-14(33)31(19-11-15(26)3-5-17(19)27-2)10-9-28-16-4-6-18-21(12-16)37-25(35)32(18)22-8-7-20-24(29-22)30-23(34)13-36-20/h3,5,7-8,11,16,18,21,28H,2,4,6,9-10,12-13H2,1H3,(H,29,30,34)/t16-,18-,21-/m0/s1. The van der Waals surface area contributed by atoms with Gasteiger partial charge in [-0.05, 0) is 49.9 Å². The highest BCUT2D eigenvalue weighted by Crippen LogP contribution is 2.37. The van der Waals surface area contributed by atoms with Crippen molar-refractivity contribution in [2.45, 2.75) is 44.4 Å². The summed E-state index contributed by atoms with van der Waals surface area (Å²) in [4.78, 5) is 48.0. The zero-order valence-electron chi connectivity index (χ0n) is 20.3. The normalized spacial score (nSPS) is 22.3. The highest BCUT2D eigenvalue weighted by atomic mass is 19.1. The van der Waals surface area contributed by atoms with Gasteiger partial charge in [0, 0.05) is 32.5 Å². The summed E-state index contributed by atoms with van der Waals surface area (Å²) in [5.74, 6) is 0.129. The number of rotatable bonds is 7. The van der Waals surface area contributed by atoms with Gasteiger partial charge in [0.25, 0.3) is 5.91 Å². The molecule has 1 saturated heterocycles. The molecule has 2 aromatic rings. The van der Waals surface area contributed by atoms with Gasteiger partial charge in [0.15, 0.2) is 18.2 Å². The molecule has 1 saturated carbocycles. The van der Waals surface area contributed by atoms with E-state index in [2.05, 4.69) is 27.3 Å². The summed E-state index contributed by atoms with van der Waals surface area (Å²) >= 11 is 0. The van der Waals surface area contributed by atoms with Gasteiger partial charge in [-0.2, -0.15) is 0 Å². The molecule has 194 valence electrons. The number of fused-ring (bicyclic) bond motifs is 2. The first-order chi connectivity index (χ1) is 17.8. The number of carbonyl (C=O) groups excluding carboxylic acids is 3. The molecular weight excluding hydrogens is 483 g/mol. The third-order valence-electron chi connectivity index (χ3n) is 6.79. The van der Waals surface area contributed by atoms with Gasteiger partial charge in [-0.25, -0.2) is 14.2 Å². The molecule has 2 fully saturated rings. The van der Waals surface area contributed by atoms with Crippen LogP contribution in [0.3, 0.4) is 0 Å². The highest BCUT2D eigenvalue weighted by Gasteiger charge is 2.46. The maximum absolute atomic E-state index is 13.8. The molecule has 3 aliphatic rings. The Labute approximate surface area is 212 Å². The van der Waals surface area contributed by atoms with Gasteiger partial charge in [0.2, 0.25) is 5.91 Å². The third-order valence-corrected chi connectivity index (χ3v) is 6.79. The van der Waals surface area contributed by atoms with Gasteiger partial charge >= 0.3 is 6.09 Å². The van der Waals surface area contributed by atoms with E-state index in [9.17, 15) is 18.8 Å². The Kier molecular flexibility index (Phi) is 6.74. The molecule has 1 aromatic heterocycles. The second-order valence-corrected chi connectivity index (χ2v) is 9.14. The van der Waals surface area contributed by atoms with Crippen LogP contribution in [0.5, 0.6) is 5.75 Å². The predicted molar refractivity (Wildman–Crippen MR) is 134 cm³/mol. The van der Waals surface area contributed by atoms with Gasteiger partial charge in [-0.1, -0.05) is 0 Å². The molecule has 3 amide bonds. The lowest BCUT2D eigenvalue weighted by molar-refractivity contribution is -0.118. The molecule has 3 heterocycles. The number of hydrogen-bond acceptors (Lipinski definition) is 8. The van der Waals surface area contributed by atoms with E-state index in [1.165, 1.54) is 34.9 Å². The zero-order valence-corrected chi connectivity index (χ0v) is 20.3. The minimum atomic E-state index is -0.482. The van der Waals surface area contributed by atoms with Crippen LogP contribution in [0.15, 0.2) is 35.3 Å². The van der Waals surface area contributed by atoms with Crippen molar-refractivity contribution in [1.29, 1.82) is 0 Å². The molecule has 2 N–H and O–H groups in total. The average molecular weight is 511 g/mol. The average Bonchev–Trinajstić information content (AvgIpc) is 3.20. The number of aromatic nitrogens is 1. The molecule has 12 heteroatoms. The van der Waals surface area contributed by atoms with E-state index in [1.807, 2.05) is 0 Å². The van der Waals surface area contributed by atoms with E-state index >= 15 is 0 Å². The first-order valence-electron chi connectivity index (χ1n) is 12.1. The smallest absolute Gasteiger partial charge is 0.416 e. The summed E-state index contributed by atoms with van der Waals surface area (Å²) in [7, 11) is 0. The second-order valence-electron chi connectivity index (χ2n) is 9.14. The van der Waals surface area contributed by atoms with Crippen LogP contribution in [-0.4, -0.2) is 67.5 Å². The van der Waals surface area contributed by atoms with Crippen LogP contribution in [0, 0.1) is 5.82 Å². The number of carbonyl (C=O) groups is 3. The number of nitrogens with zero attached hydrogens (tertiary/aromatic N) is 4. The minimum absolute atomic E-state index is 0.0662. The molecule has 1 aromatic carbocycles. The minimum Gasteiger partial charge on any atom is -0.480 e. The molecule has 0 bridgehead atoms. The molecule has 0 radical (unpaired) electrons. The van der Waals surface area contributed by atoms with Crippen LogP contribution >= 0.6 is 0 Å². The second kappa shape index (κ2) is 10.1. The number of amides is 3. The SMILES string of the molecule is C=Nc1ccc(F)cc1N(CCN[C@H]1CC[C@H]2[C@H](C1)OC(=O)N2c1ccc2c(n1)NC(=O)CO2)C(C)=O. The number of nitrogens with one attached hydrogen (secondary N) is 2. The molecule has 2 aliphatic heterocycles. The van der Waals surface area contributed by atoms with Gasteiger partial charge in [0.05, 0.1) is 17.4 Å². The molecule has 1 aliphatic carbocycles. The van der Waals surface area contributed by atoms with Crippen LogP contribution in [0.4, 0.5) is 32.2 Å². The Hall–Kier alpha value is -4.06. The van der Waals surface area contributed by atoms with E-state index in [0.717, 1.165) is 6.42 Å². The first-order valence-corrected chi connectivity index (χ1v) is 12.1. The molecular formula is C25H27FN6O5. The monoisotopic (exact) mass is 510 g/mol. The number of halogens is 1. The summed E-state index contributed by atoms with van der Waals surface area (Å²) in [6.07, 6.45) is 1.24. The quantitative estimate of drug-likeness (QED) is 0.549. The highest BCUT2D eigenvalue weighted by molar-refractivity contribution is 5.96. The summed E-state index contributed by atoms with van der Waals surface area (Å²) < 4.78 is 24.9. The number of aliphatic imine (C=N–C) groups is 1. The predicted octanol–water partition coefficient (Wildman–Crippen LogP) is 2.77. The number of benzene rings is 1. The maximum atomic E-state index is 13.8. The van der Waals surface area contributed by atoms with Crippen molar-refractivity contribution in [2.75, 3.05) is 34.8 Å². The van der Waals surface area contributed by atoms with Crippen molar-refractivity contribution in [1.82, 2.24) is 10.3 Å². The van der Waals surface area contributed by atoms with E-state index in [1.54, 1.807) is 12.1 Å². The van der Waals surface area contributed by atoms with E-state index in [4.69, 9.17) is 9.47 Å². The van der Waals surface area contributed by atoms with Crippen LogP contribution < -0.4 is 25.2 Å². The fraction of sp³-hybridized carbons (Fsp3) is 0.400. The zero-order chi connectivity index (χ0) is 26.1. The van der Waals surface area contributed by atoms with Crippen molar-refractivity contribution >= 4 is 47.6 Å². The number of hydrogen-bond donors (Lipinski definition) is 2. The summed E-state index contributed by atoms with van der Waals surface area (Å²) in [6, 6.07) is 7.28. The van der Waals surface area contributed by atoms with Gasteiger partial charge < -0.3 is 25.0 Å². The number of anilines is 3. The van der Waals surface area contributed by atoms with Gasteiger partial charge in [-0.3, -0.25) is 19.5 Å². The maximum Gasteiger partial charge on any atom is 0.416 e. The molecule has 3 atom stereocenters. The Morgan fingerprint density at radius 2 is 2.16 bits per heavy atom. The molecule has 37 heavy (non-hydrogen) atoms. The van der Waals surface area contributed by atoms with Crippen molar-refractivity contribution in [2.24, 2.45) is 4.99 Å². The van der Waals surface area contributed by atoms with E-state index < -0.39 is 11.9 Å². The number of pyridine rings is 1. The third kappa shape index (κ3) is 4.96. The van der Waals surface area contributed by atoms with E-state index in [0.29, 0.717) is 48.9 Å². The van der Waals surface area contributed by atoms with Crippen molar-refractivity contribution < 1.29 is 28.2 Å². The Balaban J connectivity index is 1.21. The fourth-order valence-electron chi connectivity index (χ4n) is 5.07. The fourth-order valence-corrected chi connectivity index (χ4v) is 5.07. The molecule has 11 nitrogen and oxygen atoms in total. The summed E-state index contributed by atoms with van der Waals surface area (Å²) in [5.41, 5.74) is 0.796. The lowest BCUT2D eigenvalue weighted by Crippen LogP contribution is -2.47. The largest absolute Gasteiger partial charge is 0.480 e. The Morgan fingerprint density at radius 3 is 2.95 bits per heavy atom. The topological polar surface area (TPSA) is 125 Å². The van der Waals surface area contributed by atoms with Crippen LogP contribution in [0.1, 0.15) is 26.2 Å². The summed E-state index contributed by atoms with van der Waals surface area (Å²) in [6.45, 7) is 5.62. The molecule has 0 unspecified atom stereocenters. The first kappa shape index (κ1) is 24.6. The van der Waals surface area contributed by atoms with E-state index in [-0.39, 0.29) is 42.4 Å².